The predicted octanol–water partition coefficient (Wildman–Crippen LogP) is 4.77. The summed E-state index contributed by atoms with van der Waals surface area (Å²) in [5, 5.41) is 10.7. The van der Waals surface area contributed by atoms with Crippen LogP contribution in [0.3, 0.4) is 0 Å². The fourth-order valence-electron chi connectivity index (χ4n) is 4.00. The predicted molar refractivity (Wildman–Crippen MR) is 108 cm³/mol. The van der Waals surface area contributed by atoms with E-state index in [1.807, 2.05) is 37.3 Å². The van der Waals surface area contributed by atoms with E-state index in [1.165, 1.54) is 0 Å². The van der Waals surface area contributed by atoms with Gasteiger partial charge in [0.1, 0.15) is 17.6 Å². The van der Waals surface area contributed by atoms with Crippen molar-refractivity contribution in [2.75, 3.05) is 27.4 Å². The number of ether oxygens (including phenoxy) is 4. The van der Waals surface area contributed by atoms with Crippen LogP contribution in [0, 0.1) is 12.8 Å². The van der Waals surface area contributed by atoms with Gasteiger partial charge >= 0.3 is 0 Å². The number of rotatable bonds is 4. The molecule has 1 atom stereocenters. The molecule has 1 saturated heterocycles. The van der Waals surface area contributed by atoms with Gasteiger partial charge in [0.25, 0.3) is 0 Å². The number of aliphatic hydroxyl groups is 1. The Morgan fingerprint density at radius 3 is 2.39 bits per heavy atom. The van der Waals surface area contributed by atoms with Crippen LogP contribution in [0.5, 0.6) is 17.2 Å². The summed E-state index contributed by atoms with van der Waals surface area (Å²) in [7, 11) is 3.25. The Labute approximate surface area is 165 Å². The Balaban J connectivity index is 1.78. The zero-order valence-corrected chi connectivity index (χ0v) is 16.5. The summed E-state index contributed by atoms with van der Waals surface area (Å²) in [6.45, 7) is 3.49. The van der Waals surface area contributed by atoms with Gasteiger partial charge < -0.3 is 24.1 Å². The van der Waals surface area contributed by atoms with E-state index >= 15 is 0 Å². The molecule has 0 spiro atoms. The summed E-state index contributed by atoms with van der Waals surface area (Å²) in [5.74, 6) is 2.67. The van der Waals surface area contributed by atoms with Crippen molar-refractivity contribution in [2.45, 2.75) is 25.9 Å². The van der Waals surface area contributed by atoms with Crippen LogP contribution in [-0.2, 0) is 4.74 Å². The Morgan fingerprint density at radius 1 is 0.964 bits per heavy atom. The molecule has 0 bridgehead atoms. The minimum Gasteiger partial charge on any atom is -0.507 e. The van der Waals surface area contributed by atoms with Crippen molar-refractivity contribution < 1.29 is 24.1 Å². The van der Waals surface area contributed by atoms with Gasteiger partial charge in [0, 0.05) is 24.7 Å². The van der Waals surface area contributed by atoms with Crippen LogP contribution in [-0.4, -0.2) is 38.6 Å². The quantitative estimate of drug-likeness (QED) is 0.826. The average Bonchev–Trinajstić information content (AvgIpc) is 2.73. The molecule has 148 valence electrons. The molecule has 5 nitrogen and oxygen atoms in total. The second-order valence-corrected chi connectivity index (χ2v) is 7.34. The third-order valence-corrected chi connectivity index (χ3v) is 5.51. The van der Waals surface area contributed by atoms with Gasteiger partial charge in [-0.3, -0.25) is 0 Å². The minimum atomic E-state index is -0.155. The van der Waals surface area contributed by atoms with Crippen molar-refractivity contribution in [3.63, 3.8) is 0 Å². The molecule has 2 aliphatic rings. The highest BCUT2D eigenvalue weighted by atomic mass is 16.5. The SMILES string of the molecule is COc1ccc(-c2cc(C)cc3c2O[C@H](C2CCOCC2)C=C3O)cc1OC. The normalized spacial score (nSPS) is 19.4. The van der Waals surface area contributed by atoms with Gasteiger partial charge in [-0.15, -0.1) is 0 Å². The van der Waals surface area contributed by atoms with E-state index in [0.29, 0.717) is 23.2 Å². The van der Waals surface area contributed by atoms with E-state index in [0.717, 1.165) is 48.3 Å². The van der Waals surface area contributed by atoms with Crippen LogP contribution in [0.25, 0.3) is 16.9 Å². The summed E-state index contributed by atoms with van der Waals surface area (Å²) in [4.78, 5) is 0. The smallest absolute Gasteiger partial charge is 0.161 e. The summed E-state index contributed by atoms with van der Waals surface area (Å²) < 4.78 is 22.8. The van der Waals surface area contributed by atoms with Crippen molar-refractivity contribution in [3.05, 3.63) is 47.5 Å². The van der Waals surface area contributed by atoms with Crippen molar-refractivity contribution in [1.29, 1.82) is 0 Å². The molecule has 2 aliphatic heterocycles. The molecule has 0 aromatic heterocycles. The highest BCUT2D eigenvalue weighted by Crippen LogP contribution is 2.44. The van der Waals surface area contributed by atoms with Gasteiger partial charge in [-0.2, -0.15) is 0 Å². The highest BCUT2D eigenvalue weighted by molar-refractivity contribution is 5.81. The first-order chi connectivity index (χ1) is 13.6. The van der Waals surface area contributed by atoms with Gasteiger partial charge in [0.2, 0.25) is 0 Å². The second kappa shape index (κ2) is 7.76. The third kappa shape index (κ3) is 3.42. The number of hydrogen-bond donors (Lipinski definition) is 1. The number of hydrogen-bond acceptors (Lipinski definition) is 5. The Bertz CT molecular complexity index is 896. The minimum absolute atomic E-state index is 0.155. The fraction of sp³-hybridized carbons (Fsp3) is 0.391. The van der Waals surface area contributed by atoms with Crippen molar-refractivity contribution in [3.8, 4) is 28.4 Å². The highest BCUT2D eigenvalue weighted by Gasteiger charge is 2.31. The van der Waals surface area contributed by atoms with Gasteiger partial charge in [-0.1, -0.05) is 6.07 Å². The number of methoxy groups -OCH3 is 2. The third-order valence-electron chi connectivity index (χ3n) is 5.51. The van der Waals surface area contributed by atoms with Gasteiger partial charge in [-0.25, -0.2) is 0 Å². The lowest BCUT2D eigenvalue weighted by Gasteiger charge is -2.33. The maximum absolute atomic E-state index is 10.7. The van der Waals surface area contributed by atoms with Crippen LogP contribution in [0.2, 0.25) is 0 Å². The molecule has 2 aromatic rings. The zero-order valence-electron chi connectivity index (χ0n) is 16.5. The molecule has 1 N–H and O–H groups in total. The topological polar surface area (TPSA) is 57.2 Å². The molecule has 0 radical (unpaired) electrons. The molecule has 0 saturated carbocycles. The molecule has 2 heterocycles. The van der Waals surface area contributed by atoms with Crippen molar-refractivity contribution >= 4 is 5.76 Å². The first-order valence-electron chi connectivity index (χ1n) is 9.63. The summed E-state index contributed by atoms with van der Waals surface area (Å²) in [6, 6.07) is 9.86. The zero-order chi connectivity index (χ0) is 19.7. The van der Waals surface area contributed by atoms with Crippen LogP contribution < -0.4 is 14.2 Å². The number of aryl methyl sites for hydroxylation is 1. The molecular weight excluding hydrogens is 356 g/mol. The van der Waals surface area contributed by atoms with Gasteiger partial charge in [-0.05, 0) is 61.2 Å². The van der Waals surface area contributed by atoms with E-state index in [2.05, 4.69) is 6.07 Å². The van der Waals surface area contributed by atoms with Crippen LogP contribution >= 0.6 is 0 Å². The summed E-state index contributed by atoms with van der Waals surface area (Å²) in [5.41, 5.74) is 3.68. The molecule has 2 aromatic carbocycles. The number of benzene rings is 2. The second-order valence-electron chi connectivity index (χ2n) is 7.34. The van der Waals surface area contributed by atoms with Crippen LogP contribution in [0.15, 0.2) is 36.4 Å². The monoisotopic (exact) mass is 382 g/mol. The maximum atomic E-state index is 10.7. The molecule has 5 heteroatoms. The van der Waals surface area contributed by atoms with Crippen LogP contribution in [0.4, 0.5) is 0 Å². The van der Waals surface area contributed by atoms with E-state index in [9.17, 15) is 5.11 Å². The summed E-state index contributed by atoms with van der Waals surface area (Å²) >= 11 is 0. The lowest BCUT2D eigenvalue weighted by atomic mass is 9.89. The lowest BCUT2D eigenvalue weighted by Crippen LogP contribution is -2.32. The lowest BCUT2D eigenvalue weighted by molar-refractivity contribution is 0.0309. The van der Waals surface area contributed by atoms with E-state index < -0.39 is 0 Å². The number of aliphatic hydroxyl groups excluding tert-OH is 1. The van der Waals surface area contributed by atoms with E-state index in [4.69, 9.17) is 18.9 Å². The first-order valence-corrected chi connectivity index (χ1v) is 9.63. The molecule has 1 fully saturated rings. The van der Waals surface area contributed by atoms with Gasteiger partial charge in [0.15, 0.2) is 11.5 Å². The Hall–Kier alpha value is -2.66. The molecular formula is C23H26O5. The average molecular weight is 382 g/mol. The fourth-order valence-corrected chi connectivity index (χ4v) is 4.00. The molecule has 4 rings (SSSR count). The standard InChI is InChI=1S/C23H26O5/c1-14-10-17(16-4-5-20(25-2)22(12-16)26-3)23-18(11-14)19(24)13-21(28-23)15-6-8-27-9-7-15/h4-5,10-13,15,21,24H,6-9H2,1-3H3/t21-/m0/s1. The van der Waals surface area contributed by atoms with Crippen LogP contribution in [0.1, 0.15) is 24.0 Å². The Morgan fingerprint density at radius 2 is 1.68 bits per heavy atom. The maximum Gasteiger partial charge on any atom is 0.161 e. The van der Waals surface area contributed by atoms with Crippen molar-refractivity contribution in [2.24, 2.45) is 5.92 Å². The van der Waals surface area contributed by atoms with Gasteiger partial charge in [0.05, 0.1) is 19.8 Å². The van der Waals surface area contributed by atoms with Crippen molar-refractivity contribution in [1.82, 2.24) is 0 Å². The molecule has 0 amide bonds. The van der Waals surface area contributed by atoms with E-state index in [-0.39, 0.29) is 11.9 Å². The first kappa shape index (κ1) is 18.7. The van der Waals surface area contributed by atoms with E-state index in [1.54, 1.807) is 14.2 Å². The Kier molecular flexibility index (Phi) is 5.18. The number of fused-ring (bicyclic) bond motifs is 1. The summed E-state index contributed by atoms with van der Waals surface area (Å²) in [6.07, 6.45) is 3.55. The molecule has 0 aliphatic carbocycles. The largest absolute Gasteiger partial charge is 0.507 e. The molecule has 28 heavy (non-hydrogen) atoms. The molecule has 0 unspecified atom stereocenters.